The Labute approximate surface area is 183 Å². The van der Waals surface area contributed by atoms with Crippen molar-refractivity contribution in [3.63, 3.8) is 0 Å². The van der Waals surface area contributed by atoms with Crippen LogP contribution < -0.4 is 14.9 Å². The number of halogens is 1. The Balaban J connectivity index is 1.95. The minimum Gasteiger partial charge on any atom is -0.495 e. The molecule has 3 rings (SSSR count). The number of rotatable bonds is 8. The number of nitro groups is 1. The van der Waals surface area contributed by atoms with E-state index in [2.05, 4.69) is 15.2 Å². The van der Waals surface area contributed by atoms with Crippen LogP contribution in [-0.2, 0) is 10.0 Å². The van der Waals surface area contributed by atoms with Gasteiger partial charge in [0.25, 0.3) is 15.7 Å². The van der Waals surface area contributed by atoms with Gasteiger partial charge in [-0.1, -0.05) is 35.9 Å². The standard InChI is InChI=1S/C20H17ClN4O5S/c1-30-19-5-3-2-4-17(19)24-31(28,29)20-12-16(25(26)27)10-11-18(20)23-22-13-14-6-8-15(21)9-7-14/h2-13,23-24H,1H3/b22-13-. The predicted octanol–water partition coefficient (Wildman–Crippen LogP) is 4.50. The summed E-state index contributed by atoms with van der Waals surface area (Å²) in [5, 5.41) is 15.8. The fourth-order valence-electron chi connectivity index (χ4n) is 2.59. The first kappa shape index (κ1) is 22.1. The minimum atomic E-state index is -4.22. The van der Waals surface area contributed by atoms with E-state index in [-0.39, 0.29) is 22.0 Å². The summed E-state index contributed by atoms with van der Waals surface area (Å²) in [7, 11) is -2.82. The molecule has 2 N–H and O–H groups in total. The maximum atomic E-state index is 13.0. The van der Waals surface area contributed by atoms with Gasteiger partial charge in [-0.3, -0.25) is 20.3 Å². The highest BCUT2D eigenvalue weighted by Gasteiger charge is 2.23. The molecule has 0 aliphatic heterocycles. The van der Waals surface area contributed by atoms with Crippen LogP contribution in [0.25, 0.3) is 0 Å². The third kappa shape index (κ3) is 5.50. The summed E-state index contributed by atoms with van der Waals surface area (Å²) >= 11 is 5.84. The SMILES string of the molecule is COc1ccccc1NS(=O)(=O)c1cc([N+](=O)[O-])ccc1N/N=C\c1ccc(Cl)cc1. The Morgan fingerprint density at radius 2 is 1.77 bits per heavy atom. The number of para-hydroxylation sites is 2. The van der Waals surface area contributed by atoms with Crippen LogP contribution in [0.5, 0.6) is 5.75 Å². The predicted molar refractivity (Wildman–Crippen MR) is 120 cm³/mol. The fraction of sp³-hybridized carbons (Fsp3) is 0.0500. The Hall–Kier alpha value is -3.63. The molecule has 0 amide bonds. The second-order valence-corrected chi connectivity index (χ2v) is 8.25. The summed E-state index contributed by atoms with van der Waals surface area (Å²) in [6.07, 6.45) is 1.46. The molecule has 0 saturated heterocycles. The van der Waals surface area contributed by atoms with Crippen molar-refractivity contribution in [3.05, 3.63) is 87.4 Å². The van der Waals surface area contributed by atoms with Crippen molar-refractivity contribution in [3.8, 4) is 5.75 Å². The number of methoxy groups -OCH3 is 1. The lowest BCUT2D eigenvalue weighted by atomic mass is 10.2. The molecule has 0 fully saturated rings. The molecule has 0 aliphatic carbocycles. The first-order valence-electron chi connectivity index (χ1n) is 8.79. The highest BCUT2D eigenvalue weighted by molar-refractivity contribution is 7.93. The fourth-order valence-corrected chi connectivity index (χ4v) is 3.97. The smallest absolute Gasteiger partial charge is 0.270 e. The van der Waals surface area contributed by atoms with Crippen molar-refractivity contribution < 1.29 is 18.1 Å². The van der Waals surface area contributed by atoms with E-state index in [0.29, 0.717) is 10.8 Å². The molecule has 3 aromatic rings. The van der Waals surface area contributed by atoms with E-state index in [4.69, 9.17) is 16.3 Å². The molecule has 0 heterocycles. The average molecular weight is 461 g/mol. The Morgan fingerprint density at radius 1 is 1.06 bits per heavy atom. The molecular weight excluding hydrogens is 444 g/mol. The maximum Gasteiger partial charge on any atom is 0.270 e. The van der Waals surface area contributed by atoms with Gasteiger partial charge in [0.1, 0.15) is 10.6 Å². The molecule has 0 atom stereocenters. The highest BCUT2D eigenvalue weighted by atomic mass is 35.5. The van der Waals surface area contributed by atoms with E-state index >= 15 is 0 Å². The van der Waals surface area contributed by atoms with Crippen LogP contribution in [0, 0.1) is 10.1 Å². The van der Waals surface area contributed by atoms with Crippen LogP contribution in [0.15, 0.2) is 76.7 Å². The van der Waals surface area contributed by atoms with E-state index in [0.717, 1.165) is 11.6 Å². The molecule has 0 unspecified atom stereocenters. The van der Waals surface area contributed by atoms with Crippen LogP contribution in [0.2, 0.25) is 5.02 Å². The van der Waals surface area contributed by atoms with Gasteiger partial charge >= 0.3 is 0 Å². The largest absolute Gasteiger partial charge is 0.495 e. The van der Waals surface area contributed by atoms with Gasteiger partial charge < -0.3 is 4.74 Å². The quantitative estimate of drug-likeness (QED) is 0.290. The van der Waals surface area contributed by atoms with Crippen LogP contribution >= 0.6 is 11.6 Å². The van der Waals surface area contributed by atoms with Gasteiger partial charge in [-0.2, -0.15) is 5.10 Å². The second-order valence-electron chi connectivity index (χ2n) is 6.16. The molecule has 11 heteroatoms. The number of nitrogens with one attached hydrogen (secondary N) is 2. The number of sulfonamides is 1. The number of ether oxygens (including phenoxy) is 1. The number of hydrogen-bond donors (Lipinski definition) is 2. The maximum absolute atomic E-state index is 13.0. The lowest BCUT2D eigenvalue weighted by Gasteiger charge is -2.14. The van der Waals surface area contributed by atoms with Crippen molar-refractivity contribution in [2.75, 3.05) is 17.3 Å². The molecule has 0 saturated carbocycles. The molecule has 31 heavy (non-hydrogen) atoms. The highest BCUT2D eigenvalue weighted by Crippen LogP contribution is 2.31. The number of non-ortho nitro benzene ring substituents is 1. The first-order chi connectivity index (χ1) is 14.8. The number of hydrazone groups is 1. The van der Waals surface area contributed by atoms with Crippen molar-refractivity contribution >= 4 is 44.9 Å². The van der Waals surface area contributed by atoms with Crippen LogP contribution in [0.1, 0.15) is 5.56 Å². The molecule has 160 valence electrons. The topological polar surface area (TPSA) is 123 Å². The monoisotopic (exact) mass is 460 g/mol. The van der Waals surface area contributed by atoms with Crippen molar-refractivity contribution in [1.29, 1.82) is 0 Å². The summed E-state index contributed by atoms with van der Waals surface area (Å²) < 4.78 is 33.6. The molecular formula is C20H17ClN4O5S. The molecule has 0 aromatic heterocycles. The van der Waals surface area contributed by atoms with Gasteiger partial charge in [-0.15, -0.1) is 0 Å². The summed E-state index contributed by atoms with van der Waals surface area (Å²) in [6.45, 7) is 0. The van der Waals surface area contributed by atoms with Crippen LogP contribution in [-0.4, -0.2) is 26.7 Å². The van der Waals surface area contributed by atoms with E-state index in [9.17, 15) is 18.5 Å². The van der Waals surface area contributed by atoms with E-state index in [1.807, 2.05) is 0 Å². The van der Waals surface area contributed by atoms with Gasteiger partial charge in [0.05, 0.1) is 29.6 Å². The van der Waals surface area contributed by atoms with Gasteiger partial charge in [0.2, 0.25) is 0 Å². The molecule has 9 nitrogen and oxygen atoms in total. The normalized spacial score (nSPS) is 11.3. The Morgan fingerprint density at radius 3 is 2.45 bits per heavy atom. The molecule has 0 radical (unpaired) electrons. The van der Waals surface area contributed by atoms with Crippen LogP contribution in [0.4, 0.5) is 17.1 Å². The van der Waals surface area contributed by atoms with Crippen LogP contribution in [0.3, 0.4) is 0 Å². The average Bonchev–Trinajstić information content (AvgIpc) is 2.75. The van der Waals surface area contributed by atoms with Gasteiger partial charge in [0.15, 0.2) is 0 Å². The lowest BCUT2D eigenvalue weighted by molar-refractivity contribution is -0.385. The third-order valence-electron chi connectivity index (χ3n) is 4.09. The second kappa shape index (κ2) is 9.45. The molecule has 0 bridgehead atoms. The minimum absolute atomic E-state index is 0.0539. The number of nitro benzene ring substituents is 1. The van der Waals surface area contributed by atoms with Gasteiger partial charge in [-0.25, -0.2) is 8.42 Å². The van der Waals surface area contributed by atoms with Crippen molar-refractivity contribution in [1.82, 2.24) is 0 Å². The number of hydrogen-bond acceptors (Lipinski definition) is 7. The molecule has 3 aromatic carbocycles. The van der Waals surface area contributed by atoms with Crippen molar-refractivity contribution in [2.24, 2.45) is 5.10 Å². The van der Waals surface area contributed by atoms with E-state index < -0.39 is 14.9 Å². The number of nitrogens with zero attached hydrogens (tertiary/aromatic N) is 2. The zero-order valence-electron chi connectivity index (χ0n) is 16.2. The summed E-state index contributed by atoms with van der Waals surface area (Å²) in [6, 6.07) is 16.6. The summed E-state index contributed by atoms with van der Waals surface area (Å²) in [5.74, 6) is 0.298. The third-order valence-corrected chi connectivity index (χ3v) is 5.74. The van der Waals surface area contributed by atoms with E-state index in [1.54, 1.807) is 42.5 Å². The first-order valence-corrected chi connectivity index (χ1v) is 10.7. The van der Waals surface area contributed by atoms with Gasteiger partial charge in [0, 0.05) is 17.2 Å². The zero-order valence-corrected chi connectivity index (χ0v) is 17.7. The Kier molecular flexibility index (Phi) is 6.73. The van der Waals surface area contributed by atoms with Crippen molar-refractivity contribution in [2.45, 2.75) is 4.90 Å². The lowest BCUT2D eigenvalue weighted by Crippen LogP contribution is -2.15. The zero-order chi connectivity index (χ0) is 22.4. The Bertz CT molecular complexity index is 1230. The number of anilines is 2. The molecule has 0 aliphatic rings. The van der Waals surface area contributed by atoms with Gasteiger partial charge in [-0.05, 0) is 35.9 Å². The molecule has 0 spiro atoms. The summed E-state index contributed by atoms with van der Waals surface area (Å²) in [4.78, 5) is 10.2. The summed E-state index contributed by atoms with van der Waals surface area (Å²) in [5.41, 5.74) is 3.20. The number of benzene rings is 3. The van der Waals surface area contributed by atoms with E-state index in [1.165, 1.54) is 31.5 Å².